The summed E-state index contributed by atoms with van der Waals surface area (Å²) < 4.78 is 27.0. The molecular weight excluding hydrogens is 260 g/mol. The fourth-order valence-corrected chi connectivity index (χ4v) is 5.38. The third-order valence-corrected chi connectivity index (χ3v) is 7.43. The lowest BCUT2D eigenvalue weighted by Gasteiger charge is -2.36. The van der Waals surface area contributed by atoms with Crippen molar-refractivity contribution in [1.29, 1.82) is 0 Å². The largest absolute Gasteiger partial charge is 0.317 e. The first-order valence-electron chi connectivity index (χ1n) is 7.73. The molecule has 0 bridgehead atoms. The van der Waals surface area contributed by atoms with Crippen molar-refractivity contribution in [3.8, 4) is 0 Å². The summed E-state index contributed by atoms with van der Waals surface area (Å²) in [4.78, 5) is 0. The highest BCUT2D eigenvalue weighted by Gasteiger charge is 2.35. The van der Waals surface area contributed by atoms with Crippen LogP contribution in [-0.2, 0) is 10.0 Å². The van der Waals surface area contributed by atoms with Gasteiger partial charge in [0.25, 0.3) is 0 Å². The van der Waals surface area contributed by atoms with Crippen molar-refractivity contribution < 1.29 is 8.42 Å². The summed E-state index contributed by atoms with van der Waals surface area (Å²) in [5.41, 5.74) is 0. The molecule has 19 heavy (non-hydrogen) atoms. The fraction of sp³-hybridized carbons (Fsp3) is 1.00. The van der Waals surface area contributed by atoms with Gasteiger partial charge >= 0.3 is 0 Å². The SMILES string of the molecule is CCC1CCC(N(C)S(=O)(=O)C2CCNCC2)CC1. The first kappa shape index (κ1) is 15.3. The van der Waals surface area contributed by atoms with Crippen molar-refractivity contribution >= 4 is 10.0 Å². The summed E-state index contributed by atoms with van der Waals surface area (Å²) in [7, 11) is -1.29. The van der Waals surface area contributed by atoms with E-state index < -0.39 is 10.0 Å². The number of nitrogens with zero attached hydrogens (tertiary/aromatic N) is 1. The second kappa shape index (κ2) is 6.55. The van der Waals surface area contributed by atoms with Gasteiger partial charge in [-0.1, -0.05) is 13.3 Å². The second-order valence-corrected chi connectivity index (χ2v) is 8.37. The summed E-state index contributed by atoms with van der Waals surface area (Å²) in [6.45, 7) is 3.90. The average Bonchev–Trinajstić information content (AvgIpc) is 2.47. The van der Waals surface area contributed by atoms with Gasteiger partial charge in [-0.05, 0) is 57.5 Å². The van der Waals surface area contributed by atoms with Gasteiger partial charge in [-0.2, -0.15) is 0 Å². The molecule has 0 radical (unpaired) electrons. The molecule has 1 aliphatic heterocycles. The van der Waals surface area contributed by atoms with Gasteiger partial charge in [0.2, 0.25) is 10.0 Å². The zero-order valence-corrected chi connectivity index (χ0v) is 13.1. The fourth-order valence-electron chi connectivity index (χ4n) is 3.45. The Morgan fingerprint density at radius 1 is 1.05 bits per heavy atom. The summed E-state index contributed by atoms with van der Waals surface area (Å²) in [5, 5.41) is 3.07. The smallest absolute Gasteiger partial charge is 0.217 e. The number of hydrogen-bond acceptors (Lipinski definition) is 3. The quantitative estimate of drug-likeness (QED) is 0.860. The van der Waals surface area contributed by atoms with Gasteiger partial charge in [-0.3, -0.25) is 0 Å². The minimum atomic E-state index is -3.09. The molecule has 5 heteroatoms. The van der Waals surface area contributed by atoms with Gasteiger partial charge in [-0.25, -0.2) is 12.7 Å². The predicted octanol–water partition coefficient (Wildman–Crippen LogP) is 1.97. The van der Waals surface area contributed by atoms with E-state index in [0.717, 1.165) is 44.7 Å². The molecule has 0 unspecified atom stereocenters. The second-order valence-electron chi connectivity index (χ2n) is 6.09. The number of hydrogen-bond donors (Lipinski definition) is 1. The van der Waals surface area contributed by atoms with Crippen LogP contribution >= 0.6 is 0 Å². The summed E-state index contributed by atoms with van der Waals surface area (Å²) >= 11 is 0. The van der Waals surface area contributed by atoms with Crippen molar-refractivity contribution in [2.24, 2.45) is 5.92 Å². The molecular formula is C14H28N2O2S. The zero-order valence-electron chi connectivity index (χ0n) is 12.3. The Hall–Kier alpha value is -0.130. The van der Waals surface area contributed by atoms with E-state index in [1.807, 2.05) is 0 Å². The third-order valence-electron chi connectivity index (χ3n) is 5.02. The molecule has 1 saturated carbocycles. The van der Waals surface area contributed by atoms with Crippen molar-refractivity contribution in [2.75, 3.05) is 20.1 Å². The molecule has 112 valence electrons. The van der Waals surface area contributed by atoms with Gasteiger partial charge in [0.15, 0.2) is 0 Å². The number of piperidine rings is 1. The highest BCUT2D eigenvalue weighted by molar-refractivity contribution is 7.89. The molecule has 2 fully saturated rings. The van der Waals surface area contributed by atoms with Crippen LogP contribution < -0.4 is 5.32 Å². The Morgan fingerprint density at radius 2 is 1.63 bits per heavy atom. The molecule has 0 aromatic rings. The zero-order chi connectivity index (χ0) is 13.9. The maximum Gasteiger partial charge on any atom is 0.217 e. The number of rotatable bonds is 4. The van der Waals surface area contributed by atoms with Crippen LogP contribution in [0.1, 0.15) is 51.9 Å². The van der Waals surface area contributed by atoms with E-state index in [9.17, 15) is 8.42 Å². The highest BCUT2D eigenvalue weighted by Crippen LogP contribution is 2.31. The van der Waals surface area contributed by atoms with Crippen molar-refractivity contribution in [3.63, 3.8) is 0 Å². The lowest BCUT2D eigenvalue weighted by atomic mass is 9.85. The molecule has 2 rings (SSSR count). The Bertz CT molecular complexity index is 369. The lowest BCUT2D eigenvalue weighted by molar-refractivity contribution is 0.230. The van der Waals surface area contributed by atoms with Gasteiger partial charge in [0.05, 0.1) is 5.25 Å². The minimum absolute atomic E-state index is 0.164. The van der Waals surface area contributed by atoms with Gasteiger partial charge in [0.1, 0.15) is 0 Å². The van der Waals surface area contributed by atoms with Crippen LogP contribution in [0, 0.1) is 5.92 Å². The molecule has 0 atom stereocenters. The van der Waals surface area contributed by atoms with E-state index in [2.05, 4.69) is 12.2 Å². The topological polar surface area (TPSA) is 49.4 Å². The first-order valence-corrected chi connectivity index (χ1v) is 9.23. The van der Waals surface area contributed by atoms with Crippen molar-refractivity contribution in [1.82, 2.24) is 9.62 Å². The molecule has 2 aliphatic rings. The van der Waals surface area contributed by atoms with E-state index in [-0.39, 0.29) is 11.3 Å². The van der Waals surface area contributed by atoms with E-state index in [1.165, 1.54) is 19.3 Å². The summed E-state index contributed by atoms with van der Waals surface area (Å²) in [5.74, 6) is 0.811. The standard InChI is InChI=1S/C14H28N2O2S/c1-3-12-4-6-13(7-5-12)16(2)19(17,18)14-8-10-15-11-9-14/h12-15H,3-11H2,1-2H3. The normalized spacial score (nSPS) is 30.7. The van der Waals surface area contributed by atoms with E-state index in [4.69, 9.17) is 0 Å². The van der Waals surface area contributed by atoms with Crippen LogP contribution in [0.5, 0.6) is 0 Å². The third kappa shape index (κ3) is 3.50. The number of nitrogens with one attached hydrogen (secondary N) is 1. The van der Waals surface area contributed by atoms with E-state index in [1.54, 1.807) is 11.4 Å². The van der Waals surface area contributed by atoms with Crippen LogP contribution in [0.25, 0.3) is 0 Å². The van der Waals surface area contributed by atoms with Crippen LogP contribution in [-0.4, -0.2) is 44.2 Å². The molecule has 0 amide bonds. The Kier molecular flexibility index (Phi) is 5.26. The molecule has 1 heterocycles. The molecule has 1 saturated heterocycles. The number of sulfonamides is 1. The Labute approximate surface area is 118 Å². The maximum absolute atomic E-state index is 12.6. The Balaban J connectivity index is 1.96. The first-order chi connectivity index (χ1) is 9.05. The lowest BCUT2D eigenvalue weighted by Crippen LogP contribution is -2.47. The molecule has 1 aliphatic carbocycles. The molecule has 4 nitrogen and oxygen atoms in total. The van der Waals surface area contributed by atoms with Gasteiger partial charge < -0.3 is 5.32 Å². The van der Waals surface area contributed by atoms with Crippen LogP contribution in [0.4, 0.5) is 0 Å². The molecule has 0 aromatic heterocycles. The van der Waals surface area contributed by atoms with E-state index in [0.29, 0.717) is 0 Å². The summed E-state index contributed by atoms with van der Waals surface area (Å²) in [6.07, 6.45) is 7.21. The van der Waals surface area contributed by atoms with Crippen molar-refractivity contribution in [2.45, 2.75) is 63.2 Å². The maximum atomic E-state index is 12.6. The van der Waals surface area contributed by atoms with Gasteiger partial charge in [-0.15, -0.1) is 0 Å². The predicted molar refractivity (Wildman–Crippen MR) is 78.6 cm³/mol. The average molecular weight is 288 g/mol. The molecule has 0 aromatic carbocycles. The highest BCUT2D eigenvalue weighted by atomic mass is 32.2. The molecule has 0 spiro atoms. The summed E-state index contributed by atoms with van der Waals surface area (Å²) in [6, 6.07) is 0.239. The Morgan fingerprint density at radius 3 is 2.16 bits per heavy atom. The molecule has 1 N–H and O–H groups in total. The monoisotopic (exact) mass is 288 g/mol. The van der Waals surface area contributed by atoms with Gasteiger partial charge in [0, 0.05) is 13.1 Å². The minimum Gasteiger partial charge on any atom is -0.317 e. The van der Waals surface area contributed by atoms with Crippen LogP contribution in [0.2, 0.25) is 0 Å². The van der Waals surface area contributed by atoms with Crippen LogP contribution in [0.15, 0.2) is 0 Å². The van der Waals surface area contributed by atoms with E-state index >= 15 is 0 Å². The van der Waals surface area contributed by atoms with Crippen molar-refractivity contribution in [3.05, 3.63) is 0 Å². The van der Waals surface area contributed by atoms with Crippen LogP contribution in [0.3, 0.4) is 0 Å².